The van der Waals surface area contributed by atoms with E-state index < -0.39 is 10.0 Å². The first-order chi connectivity index (χ1) is 10.0. The Bertz CT molecular complexity index is 643. The Balaban J connectivity index is 2.16. The molecule has 114 valence electrons. The van der Waals surface area contributed by atoms with E-state index >= 15 is 0 Å². The number of aliphatic hydroxyl groups excluding tert-OH is 1. The van der Waals surface area contributed by atoms with Gasteiger partial charge in [-0.3, -0.25) is 0 Å². The molecular formula is C16H21NO3S. The minimum Gasteiger partial charge on any atom is -0.395 e. The fourth-order valence-corrected chi connectivity index (χ4v) is 3.97. The average Bonchev–Trinajstić information content (AvgIpc) is 2.84. The lowest BCUT2D eigenvalue weighted by atomic mass is 10.1. The summed E-state index contributed by atoms with van der Waals surface area (Å²) in [5.41, 5.74) is 0.644. The quantitative estimate of drug-likeness (QED) is 0.835. The Morgan fingerprint density at radius 3 is 2.86 bits per heavy atom. The van der Waals surface area contributed by atoms with Gasteiger partial charge in [-0.05, 0) is 37.0 Å². The van der Waals surface area contributed by atoms with Gasteiger partial charge < -0.3 is 5.11 Å². The summed E-state index contributed by atoms with van der Waals surface area (Å²) in [5, 5.41) is 8.70. The number of sulfonamides is 1. The summed E-state index contributed by atoms with van der Waals surface area (Å²) in [6, 6.07) is 6.64. The van der Waals surface area contributed by atoms with E-state index in [9.17, 15) is 8.42 Å². The van der Waals surface area contributed by atoms with Crippen molar-refractivity contribution < 1.29 is 13.5 Å². The third kappa shape index (κ3) is 4.31. The molecule has 1 fully saturated rings. The maximum absolute atomic E-state index is 12.4. The van der Waals surface area contributed by atoms with Gasteiger partial charge in [-0.15, -0.1) is 0 Å². The van der Waals surface area contributed by atoms with Gasteiger partial charge in [0, 0.05) is 18.0 Å². The summed E-state index contributed by atoms with van der Waals surface area (Å²) in [7, 11) is -3.50. The number of hydrogen-bond donors (Lipinski definition) is 2. The molecule has 0 saturated heterocycles. The van der Waals surface area contributed by atoms with Crippen LogP contribution in [0.15, 0.2) is 29.2 Å². The van der Waals surface area contributed by atoms with Crippen molar-refractivity contribution in [3.8, 4) is 11.8 Å². The molecule has 1 aliphatic carbocycles. The zero-order valence-corrected chi connectivity index (χ0v) is 13.0. The maximum Gasteiger partial charge on any atom is 0.240 e. The molecule has 1 aromatic carbocycles. The van der Waals surface area contributed by atoms with E-state index in [1.165, 1.54) is 0 Å². The first-order valence-corrected chi connectivity index (χ1v) is 8.73. The highest BCUT2D eigenvalue weighted by Crippen LogP contribution is 2.26. The van der Waals surface area contributed by atoms with Gasteiger partial charge in [0.2, 0.25) is 10.0 Å². The van der Waals surface area contributed by atoms with Crippen LogP contribution in [0.4, 0.5) is 0 Å². The average molecular weight is 307 g/mol. The molecule has 0 heterocycles. The number of benzene rings is 1. The first-order valence-electron chi connectivity index (χ1n) is 7.25. The van der Waals surface area contributed by atoms with Crippen molar-refractivity contribution in [3.63, 3.8) is 0 Å². The molecule has 0 bridgehead atoms. The molecule has 5 heteroatoms. The molecule has 2 atom stereocenters. The molecule has 21 heavy (non-hydrogen) atoms. The molecule has 0 spiro atoms. The molecule has 1 aliphatic rings. The van der Waals surface area contributed by atoms with Crippen LogP contribution in [0.3, 0.4) is 0 Å². The SMILES string of the molecule is CC1CCCC1NS(=O)(=O)c1cccc(C#CCCO)c1. The minimum absolute atomic E-state index is 0.00606. The number of hydrogen-bond acceptors (Lipinski definition) is 3. The zero-order valence-electron chi connectivity index (χ0n) is 12.2. The molecule has 2 unspecified atom stereocenters. The fourth-order valence-electron chi connectivity index (χ4n) is 2.55. The van der Waals surface area contributed by atoms with Crippen molar-refractivity contribution in [2.45, 2.75) is 43.5 Å². The van der Waals surface area contributed by atoms with Crippen LogP contribution in [0.1, 0.15) is 38.2 Å². The second-order valence-electron chi connectivity index (χ2n) is 5.44. The number of aliphatic hydroxyl groups is 1. The number of nitrogens with one attached hydrogen (secondary N) is 1. The second-order valence-corrected chi connectivity index (χ2v) is 7.15. The van der Waals surface area contributed by atoms with Crippen LogP contribution in [0, 0.1) is 17.8 Å². The molecular weight excluding hydrogens is 286 g/mol. The lowest BCUT2D eigenvalue weighted by Gasteiger charge is -2.17. The van der Waals surface area contributed by atoms with Crippen LogP contribution in [0.25, 0.3) is 0 Å². The maximum atomic E-state index is 12.4. The van der Waals surface area contributed by atoms with E-state index in [1.54, 1.807) is 24.3 Å². The Hall–Kier alpha value is -1.35. The van der Waals surface area contributed by atoms with Gasteiger partial charge in [-0.25, -0.2) is 13.1 Å². The molecule has 0 aromatic heterocycles. The van der Waals surface area contributed by atoms with Crippen molar-refractivity contribution in [2.75, 3.05) is 6.61 Å². The predicted molar refractivity (Wildman–Crippen MR) is 82.1 cm³/mol. The summed E-state index contributed by atoms with van der Waals surface area (Å²) < 4.78 is 27.6. The standard InChI is InChI=1S/C16H21NO3S/c1-13-6-4-10-16(13)17-21(19,20)15-9-5-8-14(12-15)7-2-3-11-18/h5,8-9,12-13,16-18H,3-4,6,10-11H2,1H3. The summed E-state index contributed by atoms with van der Waals surface area (Å²) >= 11 is 0. The van der Waals surface area contributed by atoms with E-state index in [0.717, 1.165) is 19.3 Å². The molecule has 2 rings (SSSR count). The monoisotopic (exact) mass is 307 g/mol. The van der Waals surface area contributed by atoms with E-state index in [-0.39, 0.29) is 17.5 Å². The smallest absolute Gasteiger partial charge is 0.240 e. The molecule has 2 N–H and O–H groups in total. The summed E-state index contributed by atoms with van der Waals surface area (Å²) in [4.78, 5) is 0.248. The third-order valence-electron chi connectivity index (χ3n) is 3.78. The fraction of sp³-hybridized carbons (Fsp3) is 0.500. The van der Waals surface area contributed by atoms with Crippen LogP contribution in [-0.4, -0.2) is 26.2 Å². The Morgan fingerprint density at radius 1 is 1.38 bits per heavy atom. The molecule has 4 nitrogen and oxygen atoms in total. The van der Waals surface area contributed by atoms with E-state index in [4.69, 9.17) is 5.11 Å². The van der Waals surface area contributed by atoms with Crippen LogP contribution in [-0.2, 0) is 10.0 Å². The highest BCUT2D eigenvalue weighted by Gasteiger charge is 2.28. The van der Waals surface area contributed by atoms with Crippen molar-refractivity contribution in [1.29, 1.82) is 0 Å². The highest BCUT2D eigenvalue weighted by atomic mass is 32.2. The van der Waals surface area contributed by atoms with Gasteiger partial charge in [0.1, 0.15) is 0 Å². The van der Waals surface area contributed by atoms with E-state index in [2.05, 4.69) is 23.5 Å². The number of rotatable bonds is 4. The second kappa shape index (κ2) is 7.08. The lowest BCUT2D eigenvalue weighted by molar-refractivity contribution is 0.305. The van der Waals surface area contributed by atoms with Gasteiger partial charge in [-0.1, -0.05) is 31.3 Å². The minimum atomic E-state index is -3.50. The van der Waals surface area contributed by atoms with Crippen molar-refractivity contribution >= 4 is 10.0 Å². The molecule has 0 amide bonds. The molecule has 0 radical (unpaired) electrons. The van der Waals surface area contributed by atoms with Gasteiger partial charge in [0.05, 0.1) is 11.5 Å². The van der Waals surface area contributed by atoms with E-state index in [1.807, 2.05) is 0 Å². The van der Waals surface area contributed by atoms with Gasteiger partial charge in [-0.2, -0.15) is 0 Å². The molecule has 1 aromatic rings. The van der Waals surface area contributed by atoms with Gasteiger partial charge >= 0.3 is 0 Å². The van der Waals surface area contributed by atoms with Crippen LogP contribution < -0.4 is 4.72 Å². The zero-order chi connectivity index (χ0) is 15.3. The predicted octanol–water partition coefficient (Wildman–Crippen LogP) is 1.89. The van der Waals surface area contributed by atoms with Crippen molar-refractivity contribution in [3.05, 3.63) is 29.8 Å². The van der Waals surface area contributed by atoms with Crippen LogP contribution >= 0.6 is 0 Å². The van der Waals surface area contributed by atoms with Crippen LogP contribution in [0.5, 0.6) is 0 Å². The lowest BCUT2D eigenvalue weighted by Crippen LogP contribution is -2.36. The highest BCUT2D eigenvalue weighted by molar-refractivity contribution is 7.89. The molecule has 1 saturated carbocycles. The summed E-state index contributed by atoms with van der Waals surface area (Å²) in [6.45, 7) is 2.09. The first kappa shape index (κ1) is 16.0. The summed E-state index contributed by atoms with van der Waals surface area (Å²) in [6.07, 6.45) is 3.42. The van der Waals surface area contributed by atoms with E-state index in [0.29, 0.717) is 17.9 Å². The third-order valence-corrected chi connectivity index (χ3v) is 5.27. The topological polar surface area (TPSA) is 66.4 Å². The van der Waals surface area contributed by atoms with Gasteiger partial charge in [0.25, 0.3) is 0 Å². The Morgan fingerprint density at radius 2 is 2.19 bits per heavy atom. The van der Waals surface area contributed by atoms with Crippen molar-refractivity contribution in [2.24, 2.45) is 5.92 Å². The van der Waals surface area contributed by atoms with Gasteiger partial charge in [0.15, 0.2) is 0 Å². The van der Waals surface area contributed by atoms with Crippen molar-refractivity contribution in [1.82, 2.24) is 4.72 Å². The Kier molecular flexibility index (Phi) is 5.40. The summed E-state index contributed by atoms with van der Waals surface area (Å²) in [5.74, 6) is 6.03. The molecule has 0 aliphatic heterocycles. The van der Waals surface area contributed by atoms with Crippen LogP contribution in [0.2, 0.25) is 0 Å². The Labute approximate surface area is 126 Å². The largest absolute Gasteiger partial charge is 0.395 e. The normalized spacial score (nSPS) is 21.8.